The number of nitrogens with one attached hydrogen (secondary N) is 2. The van der Waals surface area contributed by atoms with Crippen LogP contribution in [0.2, 0.25) is 0 Å². The molecule has 0 saturated carbocycles. The SMILES string of the molecule is CC(C)CNc1nc2ccccc2c(=O)[nH]1. The fourth-order valence-electron chi connectivity index (χ4n) is 1.47. The summed E-state index contributed by atoms with van der Waals surface area (Å²) in [6.45, 7) is 5.00. The minimum atomic E-state index is -0.100. The molecule has 0 bridgehead atoms. The zero-order valence-electron chi connectivity index (χ0n) is 9.45. The van der Waals surface area contributed by atoms with Gasteiger partial charge in [0.1, 0.15) is 0 Å². The Labute approximate surface area is 93.7 Å². The smallest absolute Gasteiger partial charge is 0.260 e. The van der Waals surface area contributed by atoms with E-state index in [4.69, 9.17) is 0 Å². The third-order valence-electron chi connectivity index (χ3n) is 2.29. The number of benzene rings is 1. The van der Waals surface area contributed by atoms with E-state index in [0.717, 1.165) is 12.1 Å². The Bertz CT molecular complexity index is 545. The van der Waals surface area contributed by atoms with Gasteiger partial charge < -0.3 is 5.32 Å². The van der Waals surface area contributed by atoms with Crippen LogP contribution in [0.1, 0.15) is 13.8 Å². The van der Waals surface area contributed by atoms with Gasteiger partial charge in [-0.15, -0.1) is 0 Å². The number of fused-ring (bicyclic) bond motifs is 1. The second kappa shape index (κ2) is 4.35. The third-order valence-corrected chi connectivity index (χ3v) is 2.29. The number of rotatable bonds is 3. The van der Waals surface area contributed by atoms with Crippen molar-refractivity contribution in [2.45, 2.75) is 13.8 Å². The summed E-state index contributed by atoms with van der Waals surface area (Å²) in [5.41, 5.74) is 0.620. The molecule has 0 atom stereocenters. The van der Waals surface area contributed by atoms with E-state index < -0.39 is 0 Å². The molecule has 84 valence electrons. The Morgan fingerprint density at radius 1 is 1.38 bits per heavy atom. The van der Waals surface area contributed by atoms with Crippen LogP contribution in [0.5, 0.6) is 0 Å². The Morgan fingerprint density at radius 3 is 2.88 bits per heavy atom. The fourth-order valence-corrected chi connectivity index (χ4v) is 1.47. The second-order valence-electron chi connectivity index (χ2n) is 4.21. The molecule has 2 N–H and O–H groups in total. The van der Waals surface area contributed by atoms with Crippen LogP contribution < -0.4 is 10.9 Å². The number of hydrogen-bond donors (Lipinski definition) is 2. The lowest BCUT2D eigenvalue weighted by atomic mass is 10.2. The average molecular weight is 217 g/mol. The van der Waals surface area contributed by atoms with E-state index >= 15 is 0 Å². The lowest BCUT2D eigenvalue weighted by Crippen LogP contribution is -2.16. The van der Waals surface area contributed by atoms with Crippen molar-refractivity contribution in [3.8, 4) is 0 Å². The number of hydrogen-bond acceptors (Lipinski definition) is 3. The van der Waals surface area contributed by atoms with Crippen LogP contribution in [-0.2, 0) is 0 Å². The zero-order valence-corrected chi connectivity index (χ0v) is 9.45. The first-order chi connectivity index (χ1) is 7.66. The molecular weight excluding hydrogens is 202 g/mol. The summed E-state index contributed by atoms with van der Waals surface area (Å²) in [6.07, 6.45) is 0. The Balaban J connectivity index is 2.38. The van der Waals surface area contributed by atoms with Crippen molar-refractivity contribution in [1.29, 1.82) is 0 Å². The van der Waals surface area contributed by atoms with E-state index in [9.17, 15) is 4.79 Å². The number of nitrogens with zero attached hydrogens (tertiary/aromatic N) is 1. The van der Waals surface area contributed by atoms with Gasteiger partial charge in [0.2, 0.25) is 5.95 Å². The lowest BCUT2D eigenvalue weighted by molar-refractivity contribution is 0.684. The van der Waals surface area contributed by atoms with Gasteiger partial charge in [0.15, 0.2) is 0 Å². The van der Waals surface area contributed by atoms with Crippen molar-refractivity contribution in [3.63, 3.8) is 0 Å². The molecular formula is C12H15N3O. The lowest BCUT2D eigenvalue weighted by Gasteiger charge is -2.08. The first-order valence-electron chi connectivity index (χ1n) is 5.40. The van der Waals surface area contributed by atoms with E-state index in [0.29, 0.717) is 17.3 Å². The molecule has 0 aliphatic heterocycles. The van der Waals surface area contributed by atoms with E-state index in [1.807, 2.05) is 18.2 Å². The summed E-state index contributed by atoms with van der Waals surface area (Å²) >= 11 is 0. The molecule has 0 unspecified atom stereocenters. The average Bonchev–Trinajstić information content (AvgIpc) is 2.26. The van der Waals surface area contributed by atoms with Crippen molar-refractivity contribution in [2.24, 2.45) is 5.92 Å². The van der Waals surface area contributed by atoms with Gasteiger partial charge in [0, 0.05) is 6.54 Å². The first kappa shape index (κ1) is 10.7. The van der Waals surface area contributed by atoms with Gasteiger partial charge in [0.25, 0.3) is 5.56 Å². The largest absolute Gasteiger partial charge is 0.355 e. The van der Waals surface area contributed by atoms with E-state index in [1.165, 1.54) is 0 Å². The van der Waals surface area contributed by atoms with Crippen molar-refractivity contribution in [1.82, 2.24) is 9.97 Å². The van der Waals surface area contributed by atoms with Crippen LogP contribution in [-0.4, -0.2) is 16.5 Å². The quantitative estimate of drug-likeness (QED) is 0.826. The summed E-state index contributed by atoms with van der Waals surface area (Å²) in [5, 5.41) is 3.73. The van der Waals surface area contributed by atoms with Crippen LogP contribution in [0.3, 0.4) is 0 Å². The zero-order chi connectivity index (χ0) is 11.5. The van der Waals surface area contributed by atoms with Crippen molar-refractivity contribution < 1.29 is 0 Å². The summed E-state index contributed by atoms with van der Waals surface area (Å²) in [4.78, 5) is 18.8. The highest BCUT2D eigenvalue weighted by Crippen LogP contribution is 2.07. The van der Waals surface area contributed by atoms with Crippen molar-refractivity contribution >= 4 is 16.9 Å². The molecule has 0 spiro atoms. The highest BCUT2D eigenvalue weighted by molar-refractivity contribution is 5.78. The molecule has 0 aliphatic rings. The summed E-state index contributed by atoms with van der Waals surface area (Å²) < 4.78 is 0. The molecule has 1 aromatic carbocycles. The minimum Gasteiger partial charge on any atom is -0.355 e. The number of H-pyrrole nitrogens is 1. The molecule has 0 aliphatic carbocycles. The summed E-state index contributed by atoms with van der Waals surface area (Å²) in [7, 11) is 0. The standard InChI is InChI=1S/C12H15N3O/c1-8(2)7-13-12-14-10-6-4-3-5-9(10)11(16)15-12/h3-6,8H,7H2,1-2H3,(H2,13,14,15,16). The van der Waals surface area contributed by atoms with Crippen molar-refractivity contribution in [3.05, 3.63) is 34.6 Å². The Hall–Kier alpha value is -1.84. The maximum atomic E-state index is 11.7. The molecule has 0 amide bonds. The highest BCUT2D eigenvalue weighted by Gasteiger charge is 2.02. The van der Waals surface area contributed by atoms with Gasteiger partial charge in [-0.2, -0.15) is 0 Å². The highest BCUT2D eigenvalue weighted by atomic mass is 16.1. The topological polar surface area (TPSA) is 57.8 Å². The molecule has 16 heavy (non-hydrogen) atoms. The van der Waals surface area contributed by atoms with Gasteiger partial charge in [-0.05, 0) is 18.1 Å². The molecule has 0 radical (unpaired) electrons. The number of anilines is 1. The Morgan fingerprint density at radius 2 is 2.12 bits per heavy atom. The van der Waals surface area contributed by atoms with Crippen LogP contribution in [0, 0.1) is 5.92 Å². The molecule has 4 nitrogen and oxygen atoms in total. The van der Waals surface area contributed by atoms with E-state index in [-0.39, 0.29) is 5.56 Å². The predicted octanol–water partition coefficient (Wildman–Crippen LogP) is 1.99. The maximum absolute atomic E-state index is 11.7. The predicted molar refractivity (Wildman–Crippen MR) is 65.7 cm³/mol. The van der Waals surface area contributed by atoms with Gasteiger partial charge >= 0.3 is 0 Å². The monoisotopic (exact) mass is 217 g/mol. The number of aromatic amines is 1. The molecule has 1 heterocycles. The third kappa shape index (κ3) is 2.21. The van der Waals surface area contributed by atoms with Gasteiger partial charge in [0.05, 0.1) is 10.9 Å². The summed E-state index contributed by atoms with van der Waals surface area (Å²) in [6, 6.07) is 7.32. The normalized spacial score (nSPS) is 10.9. The number of aromatic nitrogens is 2. The molecule has 2 aromatic rings. The summed E-state index contributed by atoms with van der Waals surface area (Å²) in [5.74, 6) is 1.05. The molecule has 2 rings (SSSR count). The van der Waals surface area contributed by atoms with Crippen LogP contribution in [0.4, 0.5) is 5.95 Å². The van der Waals surface area contributed by atoms with Gasteiger partial charge in [-0.25, -0.2) is 4.98 Å². The van der Waals surface area contributed by atoms with Gasteiger partial charge in [-0.1, -0.05) is 26.0 Å². The Kier molecular flexibility index (Phi) is 2.90. The van der Waals surface area contributed by atoms with E-state index in [2.05, 4.69) is 29.1 Å². The van der Waals surface area contributed by atoms with Crippen LogP contribution in [0.15, 0.2) is 29.1 Å². The molecule has 1 aromatic heterocycles. The van der Waals surface area contributed by atoms with E-state index in [1.54, 1.807) is 6.07 Å². The fraction of sp³-hybridized carbons (Fsp3) is 0.333. The number of para-hydroxylation sites is 1. The molecule has 0 saturated heterocycles. The van der Waals surface area contributed by atoms with Crippen LogP contribution in [0.25, 0.3) is 10.9 Å². The van der Waals surface area contributed by atoms with Gasteiger partial charge in [-0.3, -0.25) is 9.78 Å². The van der Waals surface area contributed by atoms with Crippen molar-refractivity contribution in [2.75, 3.05) is 11.9 Å². The molecule has 0 fully saturated rings. The molecule has 4 heteroatoms. The maximum Gasteiger partial charge on any atom is 0.260 e. The second-order valence-corrected chi connectivity index (χ2v) is 4.21. The minimum absolute atomic E-state index is 0.100. The van der Waals surface area contributed by atoms with Crippen LogP contribution >= 0.6 is 0 Å². The first-order valence-corrected chi connectivity index (χ1v) is 5.40.